The summed E-state index contributed by atoms with van der Waals surface area (Å²) >= 11 is 0. The molecule has 0 aromatic heterocycles. The van der Waals surface area contributed by atoms with E-state index in [2.05, 4.69) is 5.32 Å². The summed E-state index contributed by atoms with van der Waals surface area (Å²) in [4.78, 5) is 12.3. The summed E-state index contributed by atoms with van der Waals surface area (Å²) in [5.74, 6) is 0.287. The van der Waals surface area contributed by atoms with E-state index >= 15 is 0 Å². The first-order chi connectivity index (χ1) is 12.6. The molecule has 2 aromatic rings. The molecule has 0 saturated heterocycles. The maximum atomic E-state index is 12.7. The first kappa shape index (κ1) is 19.1. The molecule has 1 aliphatic heterocycles. The van der Waals surface area contributed by atoms with Crippen molar-refractivity contribution in [3.05, 3.63) is 59.7 Å². The highest BCUT2D eigenvalue weighted by Crippen LogP contribution is 2.39. The molecule has 0 radical (unpaired) electrons. The summed E-state index contributed by atoms with van der Waals surface area (Å²) in [6, 6.07) is 11.6. The number of alkyl halides is 3. The lowest BCUT2D eigenvalue weighted by Crippen LogP contribution is -2.42. The molecular formula is C20H20F3NO3. The highest BCUT2D eigenvalue weighted by molar-refractivity contribution is 5.78. The zero-order valence-corrected chi connectivity index (χ0v) is 15.0. The smallest absolute Gasteiger partial charge is 0.416 e. The molecule has 0 saturated carbocycles. The molecule has 1 amide bonds. The van der Waals surface area contributed by atoms with Crippen LogP contribution in [-0.2, 0) is 11.0 Å². The topological polar surface area (TPSA) is 47.6 Å². The Balaban J connectivity index is 1.65. The van der Waals surface area contributed by atoms with Gasteiger partial charge in [-0.15, -0.1) is 0 Å². The van der Waals surface area contributed by atoms with Gasteiger partial charge in [-0.2, -0.15) is 13.2 Å². The van der Waals surface area contributed by atoms with E-state index in [1.165, 1.54) is 12.1 Å². The van der Waals surface area contributed by atoms with Crippen LogP contribution in [0.15, 0.2) is 48.5 Å². The predicted octanol–water partition coefficient (Wildman–Crippen LogP) is 4.50. The van der Waals surface area contributed by atoms with Crippen molar-refractivity contribution in [3.63, 3.8) is 0 Å². The van der Waals surface area contributed by atoms with Gasteiger partial charge < -0.3 is 14.8 Å². The van der Waals surface area contributed by atoms with E-state index in [1.807, 2.05) is 38.1 Å². The lowest BCUT2D eigenvalue weighted by molar-refractivity contribution is -0.137. The minimum absolute atomic E-state index is 0.00678. The largest absolute Gasteiger partial charge is 0.487 e. The fourth-order valence-corrected chi connectivity index (χ4v) is 3.08. The number of hydrogen-bond donors (Lipinski definition) is 1. The highest BCUT2D eigenvalue weighted by Gasteiger charge is 2.34. The molecule has 1 unspecified atom stereocenters. The number of hydrogen-bond acceptors (Lipinski definition) is 3. The van der Waals surface area contributed by atoms with Gasteiger partial charge in [0, 0.05) is 12.0 Å². The van der Waals surface area contributed by atoms with Gasteiger partial charge in [0.05, 0.1) is 11.6 Å². The Hall–Kier alpha value is -2.70. The second-order valence-corrected chi connectivity index (χ2v) is 7.04. The Morgan fingerprint density at radius 3 is 2.70 bits per heavy atom. The van der Waals surface area contributed by atoms with Gasteiger partial charge in [0.25, 0.3) is 5.91 Å². The average molecular weight is 379 g/mol. The molecule has 0 bridgehead atoms. The van der Waals surface area contributed by atoms with Crippen LogP contribution in [-0.4, -0.2) is 18.1 Å². The van der Waals surface area contributed by atoms with Gasteiger partial charge in [-0.05, 0) is 38.1 Å². The molecule has 0 aliphatic carbocycles. The molecule has 4 nitrogen and oxygen atoms in total. The summed E-state index contributed by atoms with van der Waals surface area (Å²) in [5, 5.41) is 2.88. The number of carbonyl (C=O) groups excluding carboxylic acids is 1. The minimum Gasteiger partial charge on any atom is -0.487 e. The van der Waals surface area contributed by atoms with E-state index in [4.69, 9.17) is 9.47 Å². The Kier molecular flexibility index (Phi) is 5.04. The van der Waals surface area contributed by atoms with E-state index in [0.717, 1.165) is 17.7 Å². The molecule has 3 rings (SSSR count). The molecule has 27 heavy (non-hydrogen) atoms. The van der Waals surface area contributed by atoms with Crippen molar-refractivity contribution in [2.24, 2.45) is 0 Å². The van der Waals surface area contributed by atoms with Crippen molar-refractivity contribution in [2.75, 3.05) is 6.61 Å². The van der Waals surface area contributed by atoms with Gasteiger partial charge in [-0.3, -0.25) is 4.79 Å². The number of benzene rings is 2. The molecule has 7 heteroatoms. The van der Waals surface area contributed by atoms with E-state index in [0.29, 0.717) is 12.2 Å². The van der Waals surface area contributed by atoms with Crippen LogP contribution in [0.1, 0.15) is 37.4 Å². The van der Waals surface area contributed by atoms with Crippen molar-refractivity contribution in [3.8, 4) is 11.5 Å². The van der Waals surface area contributed by atoms with Crippen LogP contribution in [0.4, 0.5) is 13.2 Å². The zero-order chi connectivity index (χ0) is 19.7. The third-order valence-electron chi connectivity index (χ3n) is 4.24. The number of ether oxygens (including phenoxy) is 2. The van der Waals surface area contributed by atoms with Crippen LogP contribution in [0.5, 0.6) is 11.5 Å². The zero-order valence-electron chi connectivity index (χ0n) is 15.0. The fraction of sp³-hybridized carbons (Fsp3) is 0.350. The number of nitrogens with one attached hydrogen (secondary N) is 1. The third-order valence-corrected chi connectivity index (χ3v) is 4.24. The number of amides is 1. The maximum absolute atomic E-state index is 12.7. The molecule has 2 aromatic carbocycles. The van der Waals surface area contributed by atoms with Crippen molar-refractivity contribution in [2.45, 2.75) is 38.1 Å². The van der Waals surface area contributed by atoms with Crippen molar-refractivity contribution in [1.82, 2.24) is 5.32 Å². The SMILES string of the molecule is CC1(C)CC(NC(=O)COc2cccc(C(F)(F)F)c2)c2ccccc2O1. The average Bonchev–Trinajstić information content (AvgIpc) is 2.58. The number of para-hydroxylation sites is 1. The summed E-state index contributed by atoms with van der Waals surface area (Å²) in [6.45, 7) is 3.49. The van der Waals surface area contributed by atoms with E-state index < -0.39 is 23.2 Å². The molecule has 1 atom stereocenters. The lowest BCUT2D eigenvalue weighted by Gasteiger charge is -2.37. The van der Waals surface area contributed by atoms with E-state index in [9.17, 15) is 18.0 Å². The third kappa shape index (κ3) is 4.72. The Bertz CT molecular complexity index is 833. The summed E-state index contributed by atoms with van der Waals surface area (Å²) in [5.41, 5.74) is -0.404. The first-order valence-corrected chi connectivity index (χ1v) is 8.51. The van der Waals surface area contributed by atoms with Gasteiger partial charge in [0.1, 0.15) is 17.1 Å². The van der Waals surface area contributed by atoms with Crippen LogP contribution in [0.2, 0.25) is 0 Å². The normalized spacial score (nSPS) is 18.2. The molecular weight excluding hydrogens is 359 g/mol. The van der Waals surface area contributed by atoms with Crippen molar-refractivity contribution in [1.29, 1.82) is 0 Å². The maximum Gasteiger partial charge on any atom is 0.416 e. The lowest BCUT2D eigenvalue weighted by atomic mass is 9.90. The number of carbonyl (C=O) groups is 1. The Morgan fingerprint density at radius 2 is 1.96 bits per heavy atom. The van der Waals surface area contributed by atoms with Crippen LogP contribution >= 0.6 is 0 Å². The Morgan fingerprint density at radius 1 is 1.22 bits per heavy atom. The van der Waals surface area contributed by atoms with Gasteiger partial charge >= 0.3 is 6.18 Å². The van der Waals surface area contributed by atoms with Gasteiger partial charge in [0.15, 0.2) is 6.61 Å². The molecule has 144 valence electrons. The highest BCUT2D eigenvalue weighted by atomic mass is 19.4. The Labute approximate surface area is 155 Å². The molecule has 1 aliphatic rings. The molecule has 1 N–H and O–H groups in total. The van der Waals surface area contributed by atoms with Crippen LogP contribution in [0.25, 0.3) is 0 Å². The van der Waals surface area contributed by atoms with E-state index in [-0.39, 0.29) is 18.4 Å². The van der Waals surface area contributed by atoms with Crippen LogP contribution < -0.4 is 14.8 Å². The molecule has 1 heterocycles. The predicted molar refractivity (Wildman–Crippen MR) is 93.6 cm³/mol. The molecule has 0 fully saturated rings. The second kappa shape index (κ2) is 7.13. The minimum atomic E-state index is -4.46. The number of fused-ring (bicyclic) bond motifs is 1. The molecule has 0 spiro atoms. The first-order valence-electron chi connectivity index (χ1n) is 8.51. The second-order valence-electron chi connectivity index (χ2n) is 7.04. The summed E-state index contributed by atoms with van der Waals surface area (Å²) in [7, 11) is 0. The van der Waals surface area contributed by atoms with Crippen LogP contribution in [0, 0.1) is 0 Å². The fourth-order valence-electron chi connectivity index (χ4n) is 3.08. The standard InChI is InChI=1S/C20H20F3NO3/c1-19(2)11-16(15-8-3-4-9-17(15)27-19)24-18(25)12-26-14-7-5-6-13(10-14)20(21,22)23/h3-10,16H,11-12H2,1-2H3,(H,24,25). The van der Waals surface area contributed by atoms with Crippen molar-refractivity contribution < 1.29 is 27.4 Å². The quantitative estimate of drug-likeness (QED) is 0.851. The summed E-state index contributed by atoms with van der Waals surface area (Å²) < 4.78 is 49.4. The summed E-state index contributed by atoms with van der Waals surface area (Å²) in [6.07, 6.45) is -3.89. The van der Waals surface area contributed by atoms with Gasteiger partial charge in [-0.25, -0.2) is 0 Å². The van der Waals surface area contributed by atoms with Gasteiger partial charge in [0.2, 0.25) is 0 Å². The number of halogens is 3. The monoisotopic (exact) mass is 379 g/mol. The van der Waals surface area contributed by atoms with Crippen LogP contribution in [0.3, 0.4) is 0 Å². The van der Waals surface area contributed by atoms with Gasteiger partial charge in [-0.1, -0.05) is 24.3 Å². The van der Waals surface area contributed by atoms with E-state index in [1.54, 1.807) is 0 Å². The number of rotatable bonds is 4. The van der Waals surface area contributed by atoms with Crippen molar-refractivity contribution >= 4 is 5.91 Å².